The van der Waals surface area contributed by atoms with Crippen molar-refractivity contribution in [2.75, 3.05) is 27.4 Å². The SMILES string of the molecule is COc1ccc(OC)c([C@H](C)NC(=O)COC(=O)COc2ccc(C(C)C)c(C)c2)c1. The van der Waals surface area contributed by atoms with E-state index >= 15 is 0 Å². The molecule has 7 heteroatoms. The van der Waals surface area contributed by atoms with Crippen LogP contribution < -0.4 is 19.5 Å². The minimum atomic E-state index is -0.618. The predicted molar refractivity (Wildman–Crippen MR) is 118 cm³/mol. The van der Waals surface area contributed by atoms with E-state index in [4.69, 9.17) is 18.9 Å². The molecule has 2 aromatic carbocycles. The number of amides is 1. The fraction of sp³-hybridized carbons (Fsp3) is 0.417. The van der Waals surface area contributed by atoms with Gasteiger partial charge in [0.05, 0.1) is 20.3 Å². The van der Waals surface area contributed by atoms with E-state index in [1.54, 1.807) is 32.4 Å². The molecule has 0 heterocycles. The number of hydrogen-bond acceptors (Lipinski definition) is 6. The molecule has 1 atom stereocenters. The van der Waals surface area contributed by atoms with Gasteiger partial charge in [-0.3, -0.25) is 4.79 Å². The molecule has 7 nitrogen and oxygen atoms in total. The largest absolute Gasteiger partial charge is 0.497 e. The van der Waals surface area contributed by atoms with E-state index in [-0.39, 0.29) is 12.6 Å². The van der Waals surface area contributed by atoms with Crippen LogP contribution in [-0.2, 0) is 14.3 Å². The normalized spacial score (nSPS) is 11.6. The lowest BCUT2D eigenvalue weighted by Gasteiger charge is -2.18. The zero-order chi connectivity index (χ0) is 23.0. The first kappa shape index (κ1) is 24.1. The number of carbonyl (C=O) groups excluding carboxylic acids is 2. The van der Waals surface area contributed by atoms with E-state index < -0.39 is 18.5 Å². The fourth-order valence-electron chi connectivity index (χ4n) is 3.25. The summed E-state index contributed by atoms with van der Waals surface area (Å²) in [5, 5.41) is 2.78. The smallest absolute Gasteiger partial charge is 0.344 e. The average Bonchev–Trinajstić information content (AvgIpc) is 2.75. The topological polar surface area (TPSA) is 83.1 Å². The van der Waals surface area contributed by atoms with Crippen molar-refractivity contribution < 1.29 is 28.5 Å². The van der Waals surface area contributed by atoms with Gasteiger partial charge in [-0.05, 0) is 61.2 Å². The standard InChI is InChI=1S/C24H31NO6/c1-15(2)20-9-7-19(11-16(20)3)30-14-24(27)31-13-23(26)25-17(4)21-12-18(28-5)8-10-22(21)29-6/h7-12,15,17H,13-14H2,1-6H3,(H,25,26)/t17-/m0/s1. The summed E-state index contributed by atoms with van der Waals surface area (Å²) < 4.78 is 21.1. The van der Waals surface area contributed by atoms with Crippen LogP contribution in [0.5, 0.6) is 17.2 Å². The van der Waals surface area contributed by atoms with Crippen molar-refractivity contribution in [1.29, 1.82) is 0 Å². The van der Waals surface area contributed by atoms with Gasteiger partial charge in [0.2, 0.25) is 0 Å². The molecule has 2 aromatic rings. The Labute approximate surface area is 183 Å². The third-order valence-corrected chi connectivity index (χ3v) is 4.87. The minimum absolute atomic E-state index is 0.271. The number of hydrogen-bond donors (Lipinski definition) is 1. The molecular weight excluding hydrogens is 398 g/mol. The molecule has 1 amide bonds. The molecule has 0 radical (unpaired) electrons. The second-order valence-electron chi connectivity index (χ2n) is 7.52. The number of ether oxygens (including phenoxy) is 4. The van der Waals surface area contributed by atoms with E-state index in [0.29, 0.717) is 23.2 Å². The van der Waals surface area contributed by atoms with Gasteiger partial charge in [-0.25, -0.2) is 4.79 Å². The number of esters is 1. The molecule has 0 aromatic heterocycles. The zero-order valence-electron chi connectivity index (χ0n) is 19.0. The number of rotatable bonds is 10. The molecule has 0 saturated carbocycles. The van der Waals surface area contributed by atoms with Gasteiger partial charge in [0.15, 0.2) is 13.2 Å². The van der Waals surface area contributed by atoms with Crippen molar-refractivity contribution >= 4 is 11.9 Å². The number of benzene rings is 2. The third kappa shape index (κ3) is 6.91. The molecule has 2 rings (SSSR count). The molecule has 0 aliphatic carbocycles. The van der Waals surface area contributed by atoms with Crippen LogP contribution in [0.2, 0.25) is 0 Å². The number of carbonyl (C=O) groups is 2. The van der Waals surface area contributed by atoms with Crippen LogP contribution in [-0.4, -0.2) is 39.3 Å². The van der Waals surface area contributed by atoms with Crippen molar-refractivity contribution in [1.82, 2.24) is 5.32 Å². The van der Waals surface area contributed by atoms with Gasteiger partial charge in [0.1, 0.15) is 17.2 Å². The Morgan fingerprint density at radius 2 is 1.61 bits per heavy atom. The van der Waals surface area contributed by atoms with Gasteiger partial charge in [-0.15, -0.1) is 0 Å². The Balaban J connectivity index is 1.83. The summed E-state index contributed by atoms with van der Waals surface area (Å²) in [6.45, 7) is 7.39. The van der Waals surface area contributed by atoms with Crippen LogP contribution in [0.4, 0.5) is 0 Å². The van der Waals surface area contributed by atoms with Crippen molar-refractivity contribution in [2.24, 2.45) is 0 Å². The summed E-state index contributed by atoms with van der Waals surface area (Å²) in [5.41, 5.74) is 3.08. The molecule has 0 aliphatic rings. The molecule has 0 fully saturated rings. The molecular formula is C24H31NO6. The van der Waals surface area contributed by atoms with E-state index in [9.17, 15) is 9.59 Å². The number of nitrogens with one attached hydrogen (secondary N) is 1. The zero-order valence-corrected chi connectivity index (χ0v) is 19.0. The third-order valence-electron chi connectivity index (χ3n) is 4.87. The van der Waals surface area contributed by atoms with Crippen molar-refractivity contribution in [3.05, 3.63) is 53.1 Å². The van der Waals surface area contributed by atoms with Gasteiger partial charge in [-0.2, -0.15) is 0 Å². The van der Waals surface area contributed by atoms with E-state index in [1.165, 1.54) is 5.56 Å². The summed E-state index contributed by atoms with van der Waals surface area (Å²) in [6, 6.07) is 10.7. The molecule has 0 aliphatic heterocycles. The number of methoxy groups -OCH3 is 2. The molecule has 0 spiro atoms. The van der Waals surface area contributed by atoms with Crippen LogP contribution in [0.25, 0.3) is 0 Å². The maximum atomic E-state index is 12.2. The lowest BCUT2D eigenvalue weighted by atomic mass is 9.98. The summed E-state index contributed by atoms with van der Waals surface area (Å²) in [4.78, 5) is 24.2. The first-order valence-corrected chi connectivity index (χ1v) is 10.1. The lowest BCUT2D eigenvalue weighted by molar-refractivity contribution is -0.150. The first-order valence-electron chi connectivity index (χ1n) is 10.1. The Morgan fingerprint density at radius 1 is 0.903 bits per heavy atom. The highest BCUT2D eigenvalue weighted by atomic mass is 16.6. The molecule has 1 N–H and O–H groups in total. The van der Waals surface area contributed by atoms with E-state index in [0.717, 1.165) is 11.1 Å². The Kier molecular flexibility index (Phi) is 8.73. The monoisotopic (exact) mass is 429 g/mol. The van der Waals surface area contributed by atoms with Crippen LogP contribution in [0.1, 0.15) is 49.4 Å². The molecule has 0 unspecified atom stereocenters. The van der Waals surface area contributed by atoms with Gasteiger partial charge >= 0.3 is 5.97 Å². The highest BCUT2D eigenvalue weighted by molar-refractivity contribution is 5.81. The van der Waals surface area contributed by atoms with Crippen molar-refractivity contribution in [3.63, 3.8) is 0 Å². The highest BCUT2D eigenvalue weighted by Crippen LogP contribution is 2.29. The molecule has 0 saturated heterocycles. The average molecular weight is 430 g/mol. The van der Waals surface area contributed by atoms with Crippen molar-refractivity contribution in [2.45, 2.75) is 39.7 Å². The second kappa shape index (κ2) is 11.2. The Hall–Kier alpha value is -3.22. The van der Waals surface area contributed by atoms with Crippen LogP contribution >= 0.6 is 0 Å². The summed E-state index contributed by atoms with van der Waals surface area (Å²) in [7, 11) is 3.12. The van der Waals surface area contributed by atoms with Gasteiger partial charge in [0, 0.05) is 5.56 Å². The maximum absolute atomic E-state index is 12.2. The highest BCUT2D eigenvalue weighted by Gasteiger charge is 2.17. The van der Waals surface area contributed by atoms with Gasteiger partial charge in [-0.1, -0.05) is 19.9 Å². The summed E-state index contributed by atoms with van der Waals surface area (Å²) >= 11 is 0. The summed E-state index contributed by atoms with van der Waals surface area (Å²) in [5.74, 6) is 1.23. The maximum Gasteiger partial charge on any atom is 0.344 e. The summed E-state index contributed by atoms with van der Waals surface area (Å²) in [6.07, 6.45) is 0. The van der Waals surface area contributed by atoms with Crippen LogP contribution in [0, 0.1) is 6.92 Å². The quantitative estimate of drug-likeness (QED) is 0.576. The fourth-order valence-corrected chi connectivity index (χ4v) is 3.25. The second-order valence-corrected chi connectivity index (χ2v) is 7.52. The van der Waals surface area contributed by atoms with E-state index in [1.807, 2.05) is 32.0 Å². The first-order chi connectivity index (χ1) is 14.7. The Bertz CT molecular complexity index is 909. The minimum Gasteiger partial charge on any atom is -0.497 e. The molecule has 31 heavy (non-hydrogen) atoms. The lowest BCUT2D eigenvalue weighted by Crippen LogP contribution is -2.32. The van der Waals surface area contributed by atoms with E-state index in [2.05, 4.69) is 19.2 Å². The number of aryl methyl sites for hydroxylation is 1. The van der Waals surface area contributed by atoms with Crippen molar-refractivity contribution in [3.8, 4) is 17.2 Å². The van der Waals surface area contributed by atoms with Crippen LogP contribution in [0.3, 0.4) is 0 Å². The molecule has 0 bridgehead atoms. The Morgan fingerprint density at radius 3 is 2.23 bits per heavy atom. The van der Waals surface area contributed by atoms with Gasteiger partial charge in [0.25, 0.3) is 5.91 Å². The predicted octanol–water partition coefficient (Wildman–Crippen LogP) is 3.94. The van der Waals surface area contributed by atoms with Gasteiger partial charge < -0.3 is 24.3 Å². The van der Waals surface area contributed by atoms with Crippen LogP contribution in [0.15, 0.2) is 36.4 Å². The molecule has 168 valence electrons.